The Morgan fingerprint density at radius 2 is 2.21 bits per heavy atom. The molecule has 0 radical (unpaired) electrons. The summed E-state index contributed by atoms with van der Waals surface area (Å²) >= 11 is 0. The largest absolute Gasteiger partial charge is 0.198 e. The van der Waals surface area contributed by atoms with Crippen LogP contribution in [0.2, 0.25) is 0 Å². The highest BCUT2D eigenvalue weighted by Crippen LogP contribution is 2.37. The zero-order chi connectivity index (χ0) is 10.0. The molecule has 0 amide bonds. The molecular formula is C13H13N. The Kier molecular flexibility index (Phi) is 2.13. The van der Waals surface area contributed by atoms with Crippen LogP contribution in [-0.4, -0.2) is 0 Å². The first-order valence-electron chi connectivity index (χ1n) is 4.89. The summed E-state index contributed by atoms with van der Waals surface area (Å²) in [5.74, 6) is 0. The van der Waals surface area contributed by atoms with Crippen LogP contribution in [0.3, 0.4) is 0 Å². The highest BCUT2D eigenvalue weighted by molar-refractivity contribution is 5.59. The fourth-order valence-electron chi connectivity index (χ4n) is 2.09. The van der Waals surface area contributed by atoms with Crippen molar-refractivity contribution in [3.8, 4) is 6.07 Å². The van der Waals surface area contributed by atoms with Gasteiger partial charge in [-0.3, -0.25) is 0 Å². The van der Waals surface area contributed by atoms with Crippen LogP contribution in [0.25, 0.3) is 6.08 Å². The van der Waals surface area contributed by atoms with Crippen molar-refractivity contribution in [1.29, 1.82) is 5.26 Å². The predicted molar refractivity (Wildman–Crippen MR) is 57.7 cm³/mol. The van der Waals surface area contributed by atoms with E-state index in [2.05, 4.69) is 37.3 Å². The van der Waals surface area contributed by atoms with Crippen LogP contribution in [0.15, 0.2) is 30.3 Å². The summed E-state index contributed by atoms with van der Waals surface area (Å²) in [7, 11) is 0. The number of fused-ring (bicyclic) bond motifs is 1. The van der Waals surface area contributed by atoms with E-state index in [0.29, 0.717) is 6.42 Å². The second-order valence-electron chi connectivity index (χ2n) is 4.09. The number of allylic oxidation sites excluding steroid dienone is 1. The Balaban J connectivity index is 2.51. The molecule has 0 aromatic heterocycles. The minimum absolute atomic E-state index is 0.0140. The maximum absolute atomic E-state index is 8.84. The van der Waals surface area contributed by atoms with Gasteiger partial charge in [-0.2, -0.15) is 5.26 Å². The first kappa shape index (κ1) is 9.02. The third-order valence-corrected chi connectivity index (χ3v) is 2.95. The van der Waals surface area contributed by atoms with Crippen molar-refractivity contribution < 1.29 is 0 Å². The summed E-state index contributed by atoms with van der Waals surface area (Å²) in [4.78, 5) is 0. The van der Waals surface area contributed by atoms with E-state index in [1.54, 1.807) is 0 Å². The second-order valence-corrected chi connectivity index (χ2v) is 4.09. The third-order valence-electron chi connectivity index (χ3n) is 2.95. The molecule has 1 aliphatic carbocycles. The van der Waals surface area contributed by atoms with Crippen LogP contribution in [-0.2, 0) is 5.41 Å². The molecule has 0 bridgehead atoms. The van der Waals surface area contributed by atoms with Gasteiger partial charge in [-0.05, 0) is 17.5 Å². The molecular weight excluding hydrogens is 170 g/mol. The molecule has 0 saturated carbocycles. The summed E-state index contributed by atoms with van der Waals surface area (Å²) in [6.07, 6.45) is 5.88. The molecule has 0 fully saturated rings. The maximum atomic E-state index is 8.84. The molecule has 0 aliphatic heterocycles. The van der Waals surface area contributed by atoms with Crippen LogP contribution in [0, 0.1) is 11.3 Å². The zero-order valence-electron chi connectivity index (χ0n) is 8.33. The average molecular weight is 183 g/mol. The van der Waals surface area contributed by atoms with Gasteiger partial charge in [0.15, 0.2) is 0 Å². The monoisotopic (exact) mass is 183 g/mol. The maximum Gasteiger partial charge on any atom is 0.0631 e. The molecule has 0 heterocycles. The van der Waals surface area contributed by atoms with Crippen LogP contribution in [0.5, 0.6) is 0 Å². The second kappa shape index (κ2) is 3.31. The fourth-order valence-corrected chi connectivity index (χ4v) is 2.09. The lowest BCUT2D eigenvalue weighted by Gasteiger charge is -2.30. The van der Waals surface area contributed by atoms with Gasteiger partial charge in [0, 0.05) is 11.8 Å². The number of rotatable bonds is 1. The van der Waals surface area contributed by atoms with Crippen LogP contribution in [0.1, 0.15) is 30.9 Å². The quantitative estimate of drug-likeness (QED) is 0.655. The van der Waals surface area contributed by atoms with Gasteiger partial charge in [-0.15, -0.1) is 0 Å². The van der Waals surface area contributed by atoms with Crippen molar-refractivity contribution in [2.45, 2.75) is 25.2 Å². The molecule has 1 nitrogen and oxygen atoms in total. The Labute approximate surface area is 84.7 Å². The summed E-state index contributed by atoms with van der Waals surface area (Å²) in [6, 6.07) is 10.6. The van der Waals surface area contributed by atoms with Crippen LogP contribution in [0.4, 0.5) is 0 Å². The van der Waals surface area contributed by atoms with Crippen molar-refractivity contribution >= 4 is 6.08 Å². The van der Waals surface area contributed by atoms with Gasteiger partial charge in [0.25, 0.3) is 0 Å². The summed E-state index contributed by atoms with van der Waals surface area (Å²) in [6.45, 7) is 2.17. The van der Waals surface area contributed by atoms with Crippen molar-refractivity contribution in [3.63, 3.8) is 0 Å². The number of hydrogen-bond donors (Lipinski definition) is 0. The summed E-state index contributed by atoms with van der Waals surface area (Å²) in [5, 5.41) is 8.84. The van der Waals surface area contributed by atoms with E-state index in [0.717, 1.165) is 6.42 Å². The van der Waals surface area contributed by atoms with Gasteiger partial charge in [0.05, 0.1) is 6.07 Å². The standard InChI is InChI=1S/C13H13N/c1-13(9-10-14)8-4-6-11-5-2-3-7-12(11)13/h2-7H,8-9H2,1H3. The minimum atomic E-state index is 0.0140. The van der Waals surface area contributed by atoms with Crippen LogP contribution < -0.4 is 0 Å². The molecule has 1 aliphatic rings. The Hall–Kier alpha value is -1.55. The van der Waals surface area contributed by atoms with Gasteiger partial charge >= 0.3 is 0 Å². The van der Waals surface area contributed by atoms with E-state index in [4.69, 9.17) is 5.26 Å². The lowest BCUT2D eigenvalue weighted by atomic mass is 9.72. The molecule has 70 valence electrons. The van der Waals surface area contributed by atoms with Crippen molar-refractivity contribution in [2.75, 3.05) is 0 Å². The Morgan fingerprint density at radius 3 is 3.00 bits per heavy atom. The molecule has 14 heavy (non-hydrogen) atoms. The highest BCUT2D eigenvalue weighted by atomic mass is 14.3. The lowest BCUT2D eigenvalue weighted by molar-refractivity contribution is 0.485. The number of hydrogen-bond acceptors (Lipinski definition) is 1. The summed E-state index contributed by atoms with van der Waals surface area (Å²) in [5.41, 5.74) is 2.58. The molecule has 1 heteroatoms. The molecule has 2 rings (SSSR count). The molecule has 0 N–H and O–H groups in total. The fraction of sp³-hybridized carbons (Fsp3) is 0.308. The first-order chi connectivity index (χ1) is 6.76. The topological polar surface area (TPSA) is 23.8 Å². The molecule has 1 unspecified atom stereocenters. The summed E-state index contributed by atoms with van der Waals surface area (Å²) < 4.78 is 0. The SMILES string of the molecule is CC1(CC#N)CC=Cc2ccccc21. The molecule has 1 aromatic carbocycles. The smallest absolute Gasteiger partial charge is 0.0631 e. The van der Waals surface area contributed by atoms with Gasteiger partial charge in [0.2, 0.25) is 0 Å². The Morgan fingerprint density at radius 1 is 1.43 bits per heavy atom. The Bertz CT molecular complexity index is 411. The van der Waals surface area contributed by atoms with Crippen molar-refractivity contribution in [2.24, 2.45) is 0 Å². The molecule has 0 saturated heterocycles. The van der Waals surface area contributed by atoms with E-state index in [9.17, 15) is 0 Å². The average Bonchev–Trinajstić information content (AvgIpc) is 2.19. The number of nitriles is 1. The van der Waals surface area contributed by atoms with Crippen molar-refractivity contribution in [1.82, 2.24) is 0 Å². The van der Waals surface area contributed by atoms with E-state index in [1.807, 2.05) is 12.1 Å². The van der Waals surface area contributed by atoms with Gasteiger partial charge in [-0.25, -0.2) is 0 Å². The predicted octanol–water partition coefficient (Wildman–Crippen LogP) is 3.27. The zero-order valence-corrected chi connectivity index (χ0v) is 8.33. The van der Waals surface area contributed by atoms with Gasteiger partial charge < -0.3 is 0 Å². The van der Waals surface area contributed by atoms with Gasteiger partial charge in [0.1, 0.15) is 0 Å². The van der Waals surface area contributed by atoms with Crippen LogP contribution >= 0.6 is 0 Å². The van der Waals surface area contributed by atoms with Crippen molar-refractivity contribution in [3.05, 3.63) is 41.5 Å². The normalized spacial score (nSPS) is 24.0. The van der Waals surface area contributed by atoms with Gasteiger partial charge in [-0.1, -0.05) is 43.3 Å². The molecule has 0 spiro atoms. The van der Waals surface area contributed by atoms with E-state index in [1.165, 1.54) is 11.1 Å². The minimum Gasteiger partial charge on any atom is -0.198 e. The van der Waals surface area contributed by atoms with E-state index < -0.39 is 0 Å². The number of benzene rings is 1. The third kappa shape index (κ3) is 1.33. The highest BCUT2D eigenvalue weighted by Gasteiger charge is 2.28. The molecule has 1 atom stereocenters. The number of nitrogens with zero attached hydrogens (tertiary/aromatic N) is 1. The van der Waals surface area contributed by atoms with E-state index >= 15 is 0 Å². The molecule has 1 aromatic rings. The van der Waals surface area contributed by atoms with E-state index in [-0.39, 0.29) is 5.41 Å². The first-order valence-corrected chi connectivity index (χ1v) is 4.89. The lowest BCUT2D eigenvalue weighted by Crippen LogP contribution is -2.23.